The molecular weight excluding hydrogens is 434 g/mol. The van der Waals surface area contributed by atoms with E-state index in [2.05, 4.69) is 17.8 Å². The summed E-state index contributed by atoms with van der Waals surface area (Å²) in [6.07, 6.45) is 1.85. The number of amides is 3. The minimum Gasteiger partial charge on any atom is -0.497 e. The number of methoxy groups -OCH3 is 1. The minimum atomic E-state index is -0.644. The van der Waals surface area contributed by atoms with Crippen molar-refractivity contribution in [3.8, 4) is 5.75 Å². The van der Waals surface area contributed by atoms with Crippen molar-refractivity contribution in [1.82, 2.24) is 15.8 Å². The number of hydrazine groups is 1. The second kappa shape index (κ2) is 9.99. The Balaban J connectivity index is 1.51. The van der Waals surface area contributed by atoms with Gasteiger partial charge in [0, 0.05) is 23.9 Å². The van der Waals surface area contributed by atoms with Crippen molar-refractivity contribution in [3.05, 3.63) is 65.4 Å². The zero-order valence-corrected chi connectivity index (χ0v) is 19.6. The van der Waals surface area contributed by atoms with Gasteiger partial charge < -0.3 is 14.1 Å². The van der Waals surface area contributed by atoms with Crippen molar-refractivity contribution in [1.29, 1.82) is 0 Å². The topological polar surface area (TPSA) is 101 Å². The van der Waals surface area contributed by atoms with Gasteiger partial charge in [-0.25, -0.2) is 0 Å². The van der Waals surface area contributed by atoms with E-state index in [0.717, 1.165) is 23.8 Å². The van der Waals surface area contributed by atoms with Gasteiger partial charge in [0.25, 0.3) is 0 Å². The maximum atomic E-state index is 13.1. The normalized spacial score (nSPS) is 17.7. The molecule has 2 atom stereocenters. The molecule has 1 saturated heterocycles. The number of rotatable bonds is 7. The Kier molecular flexibility index (Phi) is 6.86. The number of hydrogen-bond donors (Lipinski definition) is 2. The molecule has 178 valence electrons. The van der Waals surface area contributed by atoms with Crippen LogP contribution in [0.5, 0.6) is 5.75 Å². The molecule has 3 aromatic rings. The van der Waals surface area contributed by atoms with Crippen molar-refractivity contribution in [2.75, 3.05) is 13.7 Å². The SMILES string of the molecule is CCCCN1C(=O)CC(C(=O)NNC(=O)c2oc3ccccc3c2C)C1c1ccc(OC)cc1. The molecule has 1 aliphatic rings. The molecule has 0 aliphatic carbocycles. The fourth-order valence-electron chi connectivity index (χ4n) is 4.49. The number of nitrogens with zero attached hydrogens (tertiary/aromatic N) is 1. The van der Waals surface area contributed by atoms with E-state index in [-0.39, 0.29) is 18.1 Å². The average molecular weight is 464 g/mol. The Hall–Kier alpha value is -3.81. The highest BCUT2D eigenvalue weighted by Gasteiger charge is 2.44. The summed E-state index contributed by atoms with van der Waals surface area (Å²) in [5.41, 5.74) is 7.12. The number of hydrogen-bond acceptors (Lipinski definition) is 5. The number of aryl methyl sites for hydroxylation is 1. The van der Waals surface area contributed by atoms with Crippen LogP contribution in [0.1, 0.15) is 53.9 Å². The number of para-hydroxylation sites is 1. The maximum Gasteiger partial charge on any atom is 0.305 e. The summed E-state index contributed by atoms with van der Waals surface area (Å²) in [5, 5.41) is 0.839. The van der Waals surface area contributed by atoms with Crippen LogP contribution in [0.15, 0.2) is 52.9 Å². The first-order valence-corrected chi connectivity index (χ1v) is 11.5. The van der Waals surface area contributed by atoms with E-state index in [1.807, 2.05) is 42.5 Å². The quantitative estimate of drug-likeness (QED) is 0.518. The third kappa shape index (κ3) is 4.48. The van der Waals surface area contributed by atoms with Crippen molar-refractivity contribution in [2.45, 2.75) is 39.2 Å². The number of likely N-dealkylation sites (tertiary alicyclic amines) is 1. The van der Waals surface area contributed by atoms with Gasteiger partial charge in [-0.05, 0) is 37.1 Å². The van der Waals surface area contributed by atoms with Crippen LogP contribution in [-0.4, -0.2) is 36.3 Å². The Morgan fingerprint density at radius 1 is 1.12 bits per heavy atom. The van der Waals surface area contributed by atoms with Crippen molar-refractivity contribution in [2.24, 2.45) is 5.92 Å². The van der Waals surface area contributed by atoms with E-state index in [4.69, 9.17) is 9.15 Å². The van der Waals surface area contributed by atoms with Crippen LogP contribution in [0.4, 0.5) is 0 Å². The van der Waals surface area contributed by atoms with Gasteiger partial charge in [0.2, 0.25) is 11.8 Å². The monoisotopic (exact) mass is 463 g/mol. The smallest absolute Gasteiger partial charge is 0.305 e. The molecule has 4 rings (SSSR count). The molecule has 0 saturated carbocycles. The van der Waals surface area contributed by atoms with Crippen LogP contribution in [-0.2, 0) is 9.59 Å². The molecule has 1 fully saturated rings. The average Bonchev–Trinajstić information content (AvgIpc) is 3.38. The first kappa shape index (κ1) is 23.4. The number of benzene rings is 2. The van der Waals surface area contributed by atoms with Crippen LogP contribution in [0.3, 0.4) is 0 Å². The summed E-state index contributed by atoms with van der Waals surface area (Å²) in [4.78, 5) is 40.5. The van der Waals surface area contributed by atoms with Crippen LogP contribution in [0, 0.1) is 12.8 Å². The molecule has 3 amide bonds. The second-order valence-corrected chi connectivity index (χ2v) is 8.47. The third-order valence-corrected chi connectivity index (χ3v) is 6.33. The molecular formula is C26H29N3O5. The van der Waals surface area contributed by atoms with E-state index in [0.29, 0.717) is 23.4 Å². The Bertz CT molecular complexity index is 1200. The van der Waals surface area contributed by atoms with Gasteiger partial charge in [-0.2, -0.15) is 0 Å². The molecule has 8 heteroatoms. The predicted octanol–water partition coefficient (Wildman–Crippen LogP) is 3.90. The molecule has 0 spiro atoms. The first-order chi connectivity index (χ1) is 16.4. The fourth-order valence-corrected chi connectivity index (χ4v) is 4.49. The zero-order valence-electron chi connectivity index (χ0n) is 19.6. The van der Waals surface area contributed by atoms with Crippen molar-refractivity contribution < 1.29 is 23.5 Å². The Labute approximate surface area is 198 Å². The van der Waals surface area contributed by atoms with E-state index in [1.54, 1.807) is 25.0 Å². The number of nitrogens with one attached hydrogen (secondary N) is 2. The molecule has 1 aromatic heterocycles. The zero-order chi connectivity index (χ0) is 24.2. The van der Waals surface area contributed by atoms with Crippen LogP contribution in [0.2, 0.25) is 0 Å². The van der Waals surface area contributed by atoms with Gasteiger partial charge in [0.05, 0.1) is 19.1 Å². The summed E-state index contributed by atoms with van der Waals surface area (Å²) < 4.78 is 10.9. The lowest BCUT2D eigenvalue weighted by atomic mass is 9.93. The molecule has 1 aliphatic heterocycles. The molecule has 0 radical (unpaired) electrons. The van der Waals surface area contributed by atoms with Gasteiger partial charge in [-0.1, -0.05) is 43.7 Å². The van der Waals surface area contributed by atoms with Crippen LogP contribution < -0.4 is 15.6 Å². The number of ether oxygens (including phenoxy) is 1. The third-order valence-electron chi connectivity index (χ3n) is 6.33. The van der Waals surface area contributed by atoms with E-state index < -0.39 is 23.8 Å². The fraction of sp³-hybridized carbons (Fsp3) is 0.346. The van der Waals surface area contributed by atoms with Crippen molar-refractivity contribution in [3.63, 3.8) is 0 Å². The minimum absolute atomic E-state index is 0.0751. The largest absolute Gasteiger partial charge is 0.497 e. The van der Waals surface area contributed by atoms with Gasteiger partial charge in [0.1, 0.15) is 11.3 Å². The summed E-state index contributed by atoms with van der Waals surface area (Å²) in [7, 11) is 1.59. The summed E-state index contributed by atoms with van der Waals surface area (Å²) in [5.74, 6) is -0.850. The number of fused-ring (bicyclic) bond motifs is 1. The molecule has 2 aromatic carbocycles. The van der Waals surface area contributed by atoms with Gasteiger partial charge in [-0.3, -0.25) is 25.2 Å². The number of unbranched alkanes of at least 4 members (excludes halogenated alkanes) is 1. The van der Waals surface area contributed by atoms with Gasteiger partial charge >= 0.3 is 5.91 Å². The number of carbonyl (C=O) groups excluding carboxylic acids is 3. The molecule has 2 unspecified atom stereocenters. The van der Waals surface area contributed by atoms with Crippen LogP contribution >= 0.6 is 0 Å². The van der Waals surface area contributed by atoms with E-state index >= 15 is 0 Å². The molecule has 34 heavy (non-hydrogen) atoms. The molecule has 0 bridgehead atoms. The lowest BCUT2D eigenvalue weighted by molar-refractivity contribution is -0.129. The van der Waals surface area contributed by atoms with Gasteiger partial charge in [-0.15, -0.1) is 0 Å². The highest BCUT2D eigenvalue weighted by molar-refractivity contribution is 6.00. The summed E-state index contributed by atoms with van der Waals surface area (Å²) >= 11 is 0. The lowest BCUT2D eigenvalue weighted by Gasteiger charge is -2.28. The molecule has 2 N–H and O–H groups in total. The lowest BCUT2D eigenvalue weighted by Crippen LogP contribution is -2.45. The highest BCUT2D eigenvalue weighted by Crippen LogP contribution is 2.39. The Morgan fingerprint density at radius 3 is 2.53 bits per heavy atom. The number of furan rings is 1. The molecule has 2 heterocycles. The van der Waals surface area contributed by atoms with Crippen molar-refractivity contribution >= 4 is 28.7 Å². The van der Waals surface area contributed by atoms with E-state index in [9.17, 15) is 14.4 Å². The van der Waals surface area contributed by atoms with Gasteiger partial charge in [0.15, 0.2) is 5.76 Å². The number of carbonyl (C=O) groups is 3. The second-order valence-electron chi connectivity index (χ2n) is 8.47. The predicted molar refractivity (Wildman–Crippen MR) is 127 cm³/mol. The van der Waals surface area contributed by atoms with E-state index in [1.165, 1.54) is 0 Å². The summed E-state index contributed by atoms with van der Waals surface area (Å²) in [6.45, 7) is 4.42. The molecule has 8 nitrogen and oxygen atoms in total. The summed E-state index contributed by atoms with van der Waals surface area (Å²) in [6, 6.07) is 14.3. The standard InChI is InChI=1S/C26H29N3O5/c1-4-5-14-29-22(30)15-20(23(29)17-10-12-18(33-3)13-11-17)25(31)27-28-26(32)24-16(2)19-8-6-7-9-21(19)34-24/h6-13,20,23H,4-5,14-15H2,1-3H3,(H,27,31)(H,28,32). The van der Waals surface area contributed by atoms with Crippen LogP contribution in [0.25, 0.3) is 11.0 Å². The highest BCUT2D eigenvalue weighted by atomic mass is 16.5. The first-order valence-electron chi connectivity index (χ1n) is 11.5. The maximum absolute atomic E-state index is 13.1. The Morgan fingerprint density at radius 2 is 1.85 bits per heavy atom.